The van der Waals surface area contributed by atoms with Crippen LogP contribution >= 0.6 is 0 Å². The third-order valence-corrected chi connectivity index (χ3v) is 2.60. The topological polar surface area (TPSA) is 60.2 Å². The first kappa shape index (κ1) is 15.1. The van der Waals surface area contributed by atoms with E-state index in [1.54, 1.807) is 7.11 Å². The molecule has 0 bridgehead atoms. The fraction of sp³-hybridized carbons (Fsp3) is 0.846. The Kier molecular flexibility index (Phi) is 6.90. The molecule has 0 saturated heterocycles. The number of nitrogens with one attached hydrogen (secondary N) is 1. The van der Waals surface area contributed by atoms with Crippen molar-refractivity contribution in [3.8, 4) is 0 Å². The first-order valence-corrected chi connectivity index (χ1v) is 6.65. The number of nitrogens with zero attached hydrogens (tertiary/aromatic N) is 2. The SMILES string of the molecule is COCC(C)Cc1nnc(CCCNC(C)C)o1. The van der Waals surface area contributed by atoms with Crippen molar-refractivity contribution in [2.45, 2.75) is 46.1 Å². The van der Waals surface area contributed by atoms with Gasteiger partial charge in [-0.15, -0.1) is 10.2 Å². The van der Waals surface area contributed by atoms with Gasteiger partial charge in [-0.3, -0.25) is 0 Å². The number of hydrogen-bond donors (Lipinski definition) is 1. The normalized spacial score (nSPS) is 13.2. The molecule has 1 unspecified atom stereocenters. The first-order valence-electron chi connectivity index (χ1n) is 6.65. The standard InChI is InChI=1S/C13H25N3O2/c1-10(2)14-7-5-6-12-15-16-13(18-12)8-11(3)9-17-4/h10-11,14H,5-9H2,1-4H3. The van der Waals surface area contributed by atoms with Gasteiger partial charge in [0.2, 0.25) is 11.8 Å². The molecule has 0 fully saturated rings. The Labute approximate surface area is 109 Å². The van der Waals surface area contributed by atoms with Gasteiger partial charge in [-0.2, -0.15) is 0 Å². The van der Waals surface area contributed by atoms with E-state index in [1.807, 2.05) is 0 Å². The van der Waals surface area contributed by atoms with Gasteiger partial charge in [0, 0.05) is 32.6 Å². The number of rotatable bonds is 9. The maximum absolute atomic E-state index is 5.60. The molecule has 0 saturated carbocycles. The van der Waals surface area contributed by atoms with Crippen LogP contribution in [0.25, 0.3) is 0 Å². The molecule has 1 atom stereocenters. The summed E-state index contributed by atoms with van der Waals surface area (Å²) in [6, 6.07) is 0.526. The molecule has 1 aromatic heterocycles. The van der Waals surface area contributed by atoms with Gasteiger partial charge in [0.05, 0.1) is 0 Å². The second-order valence-electron chi connectivity index (χ2n) is 5.07. The number of ether oxygens (including phenoxy) is 1. The smallest absolute Gasteiger partial charge is 0.216 e. The molecule has 5 nitrogen and oxygen atoms in total. The van der Waals surface area contributed by atoms with Crippen LogP contribution in [0.3, 0.4) is 0 Å². The zero-order valence-corrected chi connectivity index (χ0v) is 11.9. The van der Waals surface area contributed by atoms with E-state index in [9.17, 15) is 0 Å². The van der Waals surface area contributed by atoms with Crippen LogP contribution < -0.4 is 5.32 Å². The summed E-state index contributed by atoms with van der Waals surface area (Å²) in [5, 5.41) is 11.5. The van der Waals surface area contributed by atoms with Crippen LogP contribution in [-0.4, -0.2) is 36.5 Å². The van der Waals surface area contributed by atoms with E-state index in [1.165, 1.54) is 0 Å². The summed E-state index contributed by atoms with van der Waals surface area (Å²) >= 11 is 0. The van der Waals surface area contributed by atoms with E-state index in [0.29, 0.717) is 17.9 Å². The molecule has 1 aromatic rings. The summed E-state index contributed by atoms with van der Waals surface area (Å²) in [5.74, 6) is 1.86. The largest absolute Gasteiger partial charge is 0.425 e. The first-order chi connectivity index (χ1) is 8.61. The summed E-state index contributed by atoms with van der Waals surface area (Å²) < 4.78 is 10.7. The Morgan fingerprint density at radius 1 is 1.22 bits per heavy atom. The van der Waals surface area contributed by atoms with Crippen LogP contribution in [-0.2, 0) is 17.6 Å². The summed E-state index contributed by atoms with van der Waals surface area (Å²) in [7, 11) is 1.71. The quantitative estimate of drug-likeness (QED) is 0.682. The third-order valence-electron chi connectivity index (χ3n) is 2.60. The Hall–Kier alpha value is -0.940. The summed E-state index contributed by atoms with van der Waals surface area (Å²) in [4.78, 5) is 0. The molecule has 0 aromatic carbocycles. The van der Waals surface area contributed by atoms with Gasteiger partial charge in [0.15, 0.2) is 0 Å². The molecule has 1 heterocycles. The van der Waals surface area contributed by atoms with Gasteiger partial charge >= 0.3 is 0 Å². The van der Waals surface area contributed by atoms with Crippen molar-refractivity contribution in [2.24, 2.45) is 5.92 Å². The van der Waals surface area contributed by atoms with Crippen LogP contribution in [0, 0.1) is 5.92 Å². The van der Waals surface area contributed by atoms with Crippen LogP contribution in [0.15, 0.2) is 4.42 Å². The summed E-state index contributed by atoms with van der Waals surface area (Å²) in [5.41, 5.74) is 0. The van der Waals surface area contributed by atoms with Gasteiger partial charge in [-0.05, 0) is 18.9 Å². The maximum Gasteiger partial charge on any atom is 0.216 e. The van der Waals surface area contributed by atoms with Crippen LogP contribution in [0.5, 0.6) is 0 Å². The molecule has 0 spiro atoms. The van der Waals surface area contributed by atoms with Crippen molar-refractivity contribution in [3.63, 3.8) is 0 Å². The Bertz CT molecular complexity index is 326. The minimum Gasteiger partial charge on any atom is -0.425 e. The second-order valence-corrected chi connectivity index (χ2v) is 5.07. The lowest BCUT2D eigenvalue weighted by Crippen LogP contribution is -2.23. The maximum atomic E-state index is 5.60. The molecule has 18 heavy (non-hydrogen) atoms. The fourth-order valence-corrected chi connectivity index (χ4v) is 1.74. The number of hydrogen-bond acceptors (Lipinski definition) is 5. The molecule has 0 aliphatic rings. The Morgan fingerprint density at radius 2 is 1.94 bits per heavy atom. The average Bonchev–Trinajstić information content (AvgIpc) is 2.72. The van der Waals surface area contributed by atoms with E-state index < -0.39 is 0 Å². The van der Waals surface area contributed by atoms with Crippen LogP contribution in [0.2, 0.25) is 0 Å². The molecule has 0 aliphatic heterocycles. The van der Waals surface area contributed by atoms with E-state index in [4.69, 9.17) is 9.15 Å². The van der Waals surface area contributed by atoms with Crippen LogP contribution in [0.1, 0.15) is 39.0 Å². The minimum atomic E-state index is 0.408. The highest BCUT2D eigenvalue weighted by molar-refractivity contribution is 4.84. The van der Waals surface area contributed by atoms with Crippen molar-refractivity contribution in [3.05, 3.63) is 11.8 Å². The third kappa shape index (κ3) is 6.12. The summed E-state index contributed by atoms with van der Waals surface area (Å²) in [6.07, 6.45) is 2.64. The minimum absolute atomic E-state index is 0.408. The molecule has 104 valence electrons. The van der Waals surface area contributed by atoms with E-state index >= 15 is 0 Å². The number of aromatic nitrogens is 2. The highest BCUT2D eigenvalue weighted by atomic mass is 16.5. The molecular formula is C13H25N3O2. The molecule has 1 N–H and O–H groups in total. The van der Waals surface area contributed by atoms with Gasteiger partial charge in [-0.1, -0.05) is 20.8 Å². The van der Waals surface area contributed by atoms with Gasteiger partial charge < -0.3 is 14.5 Å². The molecular weight excluding hydrogens is 230 g/mol. The average molecular weight is 255 g/mol. The summed E-state index contributed by atoms with van der Waals surface area (Å²) in [6.45, 7) is 8.09. The second kappa shape index (κ2) is 8.21. The molecule has 0 radical (unpaired) electrons. The molecule has 0 amide bonds. The monoisotopic (exact) mass is 255 g/mol. The van der Waals surface area contributed by atoms with Crippen molar-refractivity contribution in [1.82, 2.24) is 15.5 Å². The number of aryl methyl sites for hydroxylation is 1. The van der Waals surface area contributed by atoms with E-state index in [2.05, 4.69) is 36.3 Å². The predicted octanol–water partition coefficient (Wildman–Crippen LogP) is 1.83. The van der Waals surface area contributed by atoms with Gasteiger partial charge in [-0.25, -0.2) is 0 Å². The van der Waals surface area contributed by atoms with Crippen molar-refractivity contribution < 1.29 is 9.15 Å². The zero-order valence-electron chi connectivity index (χ0n) is 11.9. The predicted molar refractivity (Wildman–Crippen MR) is 70.5 cm³/mol. The van der Waals surface area contributed by atoms with Crippen molar-refractivity contribution in [2.75, 3.05) is 20.3 Å². The lowest BCUT2D eigenvalue weighted by atomic mass is 10.1. The van der Waals surface area contributed by atoms with Crippen molar-refractivity contribution in [1.29, 1.82) is 0 Å². The molecule has 0 aliphatic carbocycles. The molecule has 1 rings (SSSR count). The Morgan fingerprint density at radius 3 is 2.61 bits per heavy atom. The fourth-order valence-electron chi connectivity index (χ4n) is 1.74. The highest BCUT2D eigenvalue weighted by Gasteiger charge is 2.10. The highest BCUT2D eigenvalue weighted by Crippen LogP contribution is 2.09. The number of methoxy groups -OCH3 is 1. The van der Waals surface area contributed by atoms with E-state index in [0.717, 1.165) is 38.3 Å². The van der Waals surface area contributed by atoms with Gasteiger partial charge in [0.25, 0.3) is 0 Å². The lowest BCUT2D eigenvalue weighted by molar-refractivity contribution is 0.156. The molecule has 5 heteroatoms. The zero-order chi connectivity index (χ0) is 13.4. The lowest BCUT2D eigenvalue weighted by Gasteiger charge is -2.06. The Balaban J connectivity index is 2.25. The van der Waals surface area contributed by atoms with E-state index in [-0.39, 0.29) is 0 Å². The van der Waals surface area contributed by atoms with Crippen LogP contribution in [0.4, 0.5) is 0 Å². The van der Waals surface area contributed by atoms with Gasteiger partial charge in [0.1, 0.15) is 0 Å². The van der Waals surface area contributed by atoms with Crippen molar-refractivity contribution >= 4 is 0 Å².